The molecule has 3 aliphatic rings. The number of rotatable bonds is 0. The van der Waals surface area contributed by atoms with Crippen LogP contribution >= 0.6 is 11.9 Å². The van der Waals surface area contributed by atoms with Gasteiger partial charge in [-0.3, -0.25) is 0 Å². The Morgan fingerprint density at radius 2 is 0.625 bits per heavy atom. The van der Waals surface area contributed by atoms with Crippen LogP contribution in [0.15, 0.2) is 0 Å². The molecule has 0 amide bonds. The van der Waals surface area contributed by atoms with Crippen molar-refractivity contribution >= 4 is 42.1 Å². The molecule has 0 radical (unpaired) electrons. The van der Waals surface area contributed by atoms with Crippen molar-refractivity contribution in [3.8, 4) is 0 Å². The van der Waals surface area contributed by atoms with Crippen LogP contribution in [0.1, 0.15) is 0 Å². The van der Waals surface area contributed by atoms with E-state index in [1.54, 1.807) is 0 Å². The van der Waals surface area contributed by atoms with Gasteiger partial charge < -0.3 is 0 Å². The summed E-state index contributed by atoms with van der Waals surface area (Å²) in [5, 5.41) is 0. The molecule has 94 valence electrons. The van der Waals surface area contributed by atoms with Crippen molar-refractivity contribution in [3.63, 3.8) is 0 Å². The molecule has 0 saturated carbocycles. The van der Waals surface area contributed by atoms with Crippen LogP contribution in [0.25, 0.3) is 0 Å². The van der Waals surface area contributed by atoms with Crippen molar-refractivity contribution in [3.05, 3.63) is 0 Å². The summed E-state index contributed by atoms with van der Waals surface area (Å²) >= 11 is 6.81. The van der Waals surface area contributed by atoms with E-state index in [9.17, 15) is 0 Å². The van der Waals surface area contributed by atoms with Crippen LogP contribution in [-0.2, 0) is 0 Å². The van der Waals surface area contributed by atoms with E-state index < -0.39 is 11.9 Å². The molecular formula is C6H18N6P2Se2. The molecule has 0 aliphatic carbocycles. The summed E-state index contributed by atoms with van der Waals surface area (Å²) in [6, 6.07) is 0. The average Bonchev–Trinajstić information content (AvgIpc) is 2.27. The summed E-state index contributed by atoms with van der Waals surface area (Å²) in [6.07, 6.45) is 0. The molecule has 3 heterocycles. The van der Waals surface area contributed by atoms with Crippen molar-refractivity contribution in [2.45, 2.75) is 0 Å². The van der Waals surface area contributed by atoms with Crippen molar-refractivity contribution in [1.29, 1.82) is 0 Å². The van der Waals surface area contributed by atoms with E-state index in [0.717, 1.165) is 0 Å². The van der Waals surface area contributed by atoms with Crippen LogP contribution in [-0.4, -0.2) is 101 Å². The van der Waals surface area contributed by atoms with E-state index in [0.29, 0.717) is 0 Å². The standard InChI is InChI=1S/C6H18N6P2Se2/c1-7-8(2)14(16)11(5)9(3)13(7,15)10(4)12(14)6/h1-6H3. The van der Waals surface area contributed by atoms with Crippen molar-refractivity contribution in [1.82, 2.24) is 28.7 Å². The monoisotopic (exact) mass is 396 g/mol. The summed E-state index contributed by atoms with van der Waals surface area (Å²) < 4.78 is 14.1. The fourth-order valence-electron chi connectivity index (χ4n) is 2.14. The topological polar surface area (TPSA) is 19.4 Å². The zero-order valence-corrected chi connectivity index (χ0v) is 15.6. The summed E-state index contributed by atoms with van der Waals surface area (Å²) in [4.78, 5) is 0. The molecule has 0 aromatic carbocycles. The Hall–Kier alpha value is 1.66. The second kappa shape index (κ2) is 4.08. The van der Waals surface area contributed by atoms with Crippen LogP contribution in [0.5, 0.6) is 0 Å². The van der Waals surface area contributed by atoms with Gasteiger partial charge in [0.25, 0.3) is 0 Å². The second-order valence-corrected chi connectivity index (χ2v) is 15.7. The second-order valence-electron chi connectivity index (χ2n) is 3.96. The summed E-state index contributed by atoms with van der Waals surface area (Å²) in [5.74, 6) is -3.20. The van der Waals surface area contributed by atoms with Crippen LogP contribution in [0.2, 0.25) is 0 Å². The van der Waals surface area contributed by atoms with Gasteiger partial charge in [0.15, 0.2) is 0 Å². The third-order valence-corrected chi connectivity index (χ3v) is 19.0. The third kappa shape index (κ3) is 1.36. The Morgan fingerprint density at radius 1 is 0.500 bits per heavy atom. The predicted molar refractivity (Wildman–Crippen MR) is 71.9 cm³/mol. The van der Waals surface area contributed by atoms with Crippen molar-refractivity contribution < 1.29 is 0 Å². The van der Waals surface area contributed by atoms with Gasteiger partial charge in [0.2, 0.25) is 0 Å². The SMILES string of the molecule is CN1N(C)P2(=[Se])N(C)N(C)P1(=[Se])N(C)N2C. The summed E-state index contributed by atoms with van der Waals surface area (Å²) in [5.41, 5.74) is 0. The quantitative estimate of drug-likeness (QED) is 0.424. The number of fused-ring (bicyclic) bond motifs is 3. The molecule has 3 rings (SSSR count). The number of hydrazine groups is 3. The molecule has 0 spiro atoms. The Kier molecular flexibility index (Phi) is 3.59. The summed E-state index contributed by atoms with van der Waals surface area (Å²) in [6.45, 7) is 0. The number of nitrogens with zero attached hydrogens (tertiary/aromatic N) is 6. The maximum absolute atomic E-state index is 3.41. The van der Waals surface area contributed by atoms with E-state index in [2.05, 4.69) is 101 Å². The van der Waals surface area contributed by atoms with Gasteiger partial charge in [-0.2, -0.15) is 0 Å². The third-order valence-electron chi connectivity index (χ3n) is 3.52. The molecule has 0 atom stereocenters. The summed E-state index contributed by atoms with van der Waals surface area (Å²) in [7, 11) is 12.9. The van der Waals surface area contributed by atoms with Gasteiger partial charge in [0.1, 0.15) is 0 Å². The molecule has 0 N–H and O–H groups in total. The van der Waals surface area contributed by atoms with Gasteiger partial charge >= 0.3 is 113 Å². The van der Waals surface area contributed by atoms with Crippen LogP contribution in [0.3, 0.4) is 0 Å². The van der Waals surface area contributed by atoms with Crippen molar-refractivity contribution in [2.75, 3.05) is 42.3 Å². The van der Waals surface area contributed by atoms with E-state index in [1.165, 1.54) is 0 Å². The van der Waals surface area contributed by atoms with E-state index in [4.69, 9.17) is 0 Å². The van der Waals surface area contributed by atoms with Gasteiger partial charge in [-0.15, -0.1) is 0 Å². The molecular weight excluding hydrogens is 376 g/mol. The Morgan fingerprint density at radius 3 is 0.750 bits per heavy atom. The van der Waals surface area contributed by atoms with E-state index in [-0.39, 0.29) is 0 Å². The first kappa shape index (κ1) is 14.1. The zero-order valence-electron chi connectivity index (χ0n) is 10.4. The Balaban J connectivity index is 2.67. The maximum atomic E-state index is 3.41. The normalized spacial score (nSPS) is 45.6. The zero-order chi connectivity index (χ0) is 12.5. The first-order chi connectivity index (χ1) is 7.20. The minimum absolute atomic E-state index is 1.60. The average molecular weight is 394 g/mol. The first-order valence-corrected chi connectivity index (χ1v) is 12.6. The van der Waals surface area contributed by atoms with Gasteiger partial charge in [0.05, 0.1) is 0 Å². The van der Waals surface area contributed by atoms with Gasteiger partial charge in [0, 0.05) is 0 Å². The molecule has 6 nitrogen and oxygen atoms in total. The van der Waals surface area contributed by atoms with Crippen LogP contribution in [0.4, 0.5) is 0 Å². The molecule has 3 saturated heterocycles. The fourth-order valence-corrected chi connectivity index (χ4v) is 14.7. The van der Waals surface area contributed by atoms with E-state index >= 15 is 0 Å². The molecule has 0 unspecified atom stereocenters. The first-order valence-electron chi connectivity index (χ1n) is 4.85. The fraction of sp³-hybridized carbons (Fsp3) is 1.00. The molecule has 3 aliphatic heterocycles. The Bertz CT molecular complexity index is 321. The van der Waals surface area contributed by atoms with E-state index in [1.807, 2.05) is 0 Å². The number of hydrogen-bond donors (Lipinski definition) is 0. The number of hydrogen-bond acceptors (Lipinski definition) is 6. The van der Waals surface area contributed by atoms with Crippen LogP contribution in [0, 0.1) is 0 Å². The Labute approximate surface area is 113 Å². The van der Waals surface area contributed by atoms with Gasteiger partial charge in [-0.1, -0.05) is 0 Å². The van der Waals surface area contributed by atoms with Crippen molar-refractivity contribution in [2.24, 2.45) is 0 Å². The van der Waals surface area contributed by atoms with Crippen LogP contribution < -0.4 is 0 Å². The molecule has 16 heavy (non-hydrogen) atoms. The molecule has 3 fully saturated rings. The molecule has 10 heteroatoms. The molecule has 0 aromatic heterocycles. The van der Waals surface area contributed by atoms with Gasteiger partial charge in [-0.25, -0.2) is 0 Å². The minimum atomic E-state index is -1.60. The predicted octanol–water partition coefficient (Wildman–Crippen LogP) is 0.0416. The molecule has 2 bridgehead atoms. The van der Waals surface area contributed by atoms with Gasteiger partial charge in [-0.05, 0) is 0 Å². The molecule has 0 aromatic rings.